The Morgan fingerprint density at radius 3 is 2.45 bits per heavy atom. The zero-order valence-electron chi connectivity index (χ0n) is 21.9. The van der Waals surface area contributed by atoms with Gasteiger partial charge in [-0.15, -0.1) is 11.8 Å². The SMILES string of the molecule is COC(=O)c1c(C)[nH]c(C(=O)NC(C([O-])=N[C@@H]2C(=O)N3[C@@H]2SC(C)(C)[C@@H]3C(=O)O)c2ccccc2)c1C.[Na+]. The number of nitrogens with one attached hydrogen (secondary N) is 2. The van der Waals surface area contributed by atoms with Gasteiger partial charge < -0.3 is 30.2 Å². The van der Waals surface area contributed by atoms with E-state index in [1.54, 1.807) is 58.0 Å². The Morgan fingerprint density at radius 2 is 1.87 bits per heavy atom. The number of hydrogen-bond acceptors (Lipinski definition) is 8. The molecule has 2 aromatic rings. The number of benzene rings is 1. The Labute approximate surface area is 245 Å². The van der Waals surface area contributed by atoms with Crippen LogP contribution in [0.3, 0.4) is 0 Å². The molecule has 0 spiro atoms. The van der Waals surface area contributed by atoms with E-state index < -0.39 is 57.9 Å². The van der Waals surface area contributed by atoms with Gasteiger partial charge >= 0.3 is 41.5 Å². The first-order valence-electron chi connectivity index (χ1n) is 11.5. The number of carboxylic acids is 1. The van der Waals surface area contributed by atoms with Crippen LogP contribution in [-0.4, -0.2) is 74.0 Å². The number of methoxy groups -OCH3 is 1. The molecule has 2 amide bonds. The van der Waals surface area contributed by atoms with Crippen molar-refractivity contribution in [1.82, 2.24) is 15.2 Å². The van der Waals surface area contributed by atoms with Crippen LogP contribution in [0.5, 0.6) is 0 Å². The molecular weight excluding hydrogens is 523 g/mol. The number of carbonyl (C=O) groups excluding carboxylic acids is 3. The third-order valence-corrected chi connectivity index (χ3v) is 8.18. The summed E-state index contributed by atoms with van der Waals surface area (Å²) in [5.41, 5.74) is 1.58. The molecule has 3 heterocycles. The van der Waals surface area contributed by atoms with Crippen LogP contribution in [0, 0.1) is 13.8 Å². The summed E-state index contributed by atoms with van der Waals surface area (Å²) >= 11 is 1.28. The van der Waals surface area contributed by atoms with Crippen molar-refractivity contribution in [3.8, 4) is 0 Å². The number of rotatable bonds is 7. The van der Waals surface area contributed by atoms with Crippen molar-refractivity contribution in [2.45, 2.75) is 55.9 Å². The molecule has 2 aliphatic rings. The second kappa shape index (κ2) is 11.1. The molecule has 38 heavy (non-hydrogen) atoms. The van der Waals surface area contributed by atoms with Gasteiger partial charge in [0.05, 0.1) is 18.7 Å². The van der Waals surface area contributed by atoms with Crippen molar-refractivity contribution < 1.29 is 63.7 Å². The molecule has 4 rings (SSSR count). The first kappa shape index (κ1) is 29.8. The first-order chi connectivity index (χ1) is 17.4. The minimum absolute atomic E-state index is 0. The number of aromatic nitrogens is 1. The van der Waals surface area contributed by atoms with Crippen LogP contribution in [0.2, 0.25) is 0 Å². The summed E-state index contributed by atoms with van der Waals surface area (Å²) < 4.78 is 4.03. The van der Waals surface area contributed by atoms with Crippen molar-refractivity contribution in [1.29, 1.82) is 0 Å². The Balaban J connectivity index is 0.00000400. The standard InChI is InChI=1S/C25H28N4O7S.Na/c1-11-14(24(35)36-5)12(2)26-15(11)19(30)27-16(13-9-7-6-8-10-13)20(31)28-17-21(32)29-18(23(33)34)25(3,4)37-22(17)29;/h6-10,16-18,22,26H,1-5H3,(H,27,30)(H,28,31)(H,33,34);/q;+1/p-1/t16?,17-,18+,22-;/m1./s1. The number of amides is 2. The van der Waals surface area contributed by atoms with Crippen molar-refractivity contribution in [2.75, 3.05) is 7.11 Å². The minimum atomic E-state index is -1.21. The number of H-pyrrole nitrogens is 1. The Morgan fingerprint density at radius 1 is 1.24 bits per heavy atom. The Hall–Kier alpha value is -2.80. The number of esters is 1. The maximum Gasteiger partial charge on any atom is 1.00 e. The summed E-state index contributed by atoms with van der Waals surface area (Å²) in [4.78, 5) is 58.2. The first-order valence-corrected chi connectivity index (χ1v) is 12.4. The Bertz CT molecular complexity index is 1310. The molecule has 0 bridgehead atoms. The number of thioether (sulfide) groups is 1. The van der Waals surface area contributed by atoms with E-state index in [0.29, 0.717) is 16.8 Å². The van der Waals surface area contributed by atoms with Crippen molar-refractivity contribution >= 4 is 41.4 Å². The molecule has 1 aromatic carbocycles. The van der Waals surface area contributed by atoms with Gasteiger partial charge in [0.25, 0.3) is 11.8 Å². The van der Waals surface area contributed by atoms with Gasteiger partial charge in [-0.25, -0.2) is 9.59 Å². The average Bonchev–Trinajstić information content (AvgIpc) is 3.30. The van der Waals surface area contributed by atoms with Gasteiger partial charge in [0, 0.05) is 10.4 Å². The van der Waals surface area contributed by atoms with Crippen LogP contribution in [0.4, 0.5) is 0 Å². The summed E-state index contributed by atoms with van der Waals surface area (Å²) in [5.74, 6) is -3.64. The zero-order valence-corrected chi connectivity index (χ0v) is 24.7. The number of nitrogens with zero attached hydrogens (tertiary/aromatic N) is 2. The van der Waals surface area contributed by atoms with Crippen LogP contribution < -0.4 is 40.0 Å². The molecule has 2 fully saturated rings. The number of fused-ring (bicyclic) bond motifs is 1. The number of aliphatic imine (C=N–C) groups is 1. The third kappa shape index (κ3) is 5.09. The summed E-state index contributed by atoms with van der Waals surface area (Å²) in [6, 6.07) is 5.15. The molecule has 1 unspecified atom stereocenters. The number of aliphatic carboxylic acids is 1. The monoisotopic (exact) mass is 550 g/mol. The van der Waals surface area contributed by atoms with Gasteiger partial charge in [-0.3, -0.25) is 14.6 Å². The van der Waals surface area contributed by atoms with Crippen LogP contribution in [0.25, 0.3) is 0 Å². The van der Waals surface area contributed by atoms with E-state index in [0.717, 1.165) is 0 Å². The van der Waals surface area contributed by atoms with Gasteiger partial charge in [-0.05, 0) is 44.7 Å². The molecule has 11 nitrogen and oxygen atoms in total. The summed E-state index contributed by atoms with van der Waals surface area (Å²) in [7, 11) is 1.24. The van der Waals surface area contributed by atoms with Crippen molar-refractivity contribution in [3.63, 3.8) is 0 Å². The summed E-state index contributed by atoms with van der Waals surface area (Å²) in [6.45, 7) is 6.69. The van der Waals surface area contributed by atoms with E-state index >= 15 is 0 Å². The van der Waals surface area contributed by atoms with Crippen molar-refractivity contribution in [3.05, 3.63) is 58.4 Å². The third-order valence-electron chi connectivity index (χ3n) is 6.62. The number of β-lactam (4-membered cyclic amide) rings is 1. The van der Waals surface area contributed by atoms with Gasteiger partial charge in [-0.1, -0.05) is 30.3 Å². The normalized spacial score (nSPS) is 22.6. The number of carboxylic acid groups (broad SMARTS) is 1. The molecule has 13 heteroatoms. The number of aryl methyl sites for hydroxylation is 1. The van der Waals surface area contributed by atoms with E-state index in [1.807, 2.05) is 0 Å². The molecule has 0 radical (unpaired) electrons. The largest absolute Gasteiger partial charge is 1.00 e. The van der Waals surface area contributed by atoms with E-state index in [1.165, 1.54) is 23.8 Å². The molecule has 2 saturated heterocycles. The zero-order chi connectivity index (χ0) is 27.2. The molecule has 3 N–H and O–H groups in total. The molecule has 0 aliphatic carbocycles. The van der Waals surface area contributed by atoms with Gasteiger partial charge in [0.15, 0.2) is 6.04 Å². The van der Waals surface area contributed by atoms with Gasteiger partial charge in [-0.2, -0.15) is 0 Å². The quantitative estimate of drug-likeness (QED) is 0.119. The van der Waals surface area contributed by atoms with E-state index in [2.05, 4.69) is 15.3 Å². The minimum Gasteiger partial charge on any atom is -0.860 e. The summed E-state index contributed by atoms with van der Waals surface area (Å²) in [5, 5.41) is 25.1. The molecule has 2 aliphatic heterocycles. The number of ether oxygens (including phenoxy) is 1. The topological polar surface area (TPSA) is 164 Å². The van der Waals surface area contributed by atoms with E-state index in [-0.39, 0.29) is 40.8 Å². The molecule has 196 valence electrons. The summed E-state index contributed by atoms with van der Waals surface area (Å²) in [6.07, 6.45) is 0. The fourth-order valence-electron chi connectivity index (χ4n) is 4.84. The van der Waals surface area contributed by atoms with E-state index in [9.17, 15) is 29.4 Å². The molecule has 4 atom stereocenters. The average molecular weight is 551 g/mol. The molecule has 0 saturated carbocycles. The van der Waals surface area contributed by atoms with Gasteiger partial charge in [0.2, 0.25) is 0 Å². The number of carbonyl (C=O) groups is 4. The second-order valence-corrected chi connectivity index (χ2v) is 11.2. The van der Waals surface area contributed by atoms with Crippen LogP contribution in [-0.2, 0) is 14.3 Å². The van der Waals surface area contributed by atoms with Crippen molar-refractivity contribution in [2.24, 2.45) is 4.99 Å². The fourth-order valence-corrected chi connectivity index (χ4v) is 6.46. The fraction of sp³-hybridized carbons (Fsp3) is 0.400. The van der Waals surface area contributed by atoms with Gasteiger partial charge in [0.1, 0.15) is 17.1 Å². The van der Waals surface area contributed by atoms with Crippen LogP contribution in [0.1, 0.15) is 57.6 Å². The maximum absolute atomic E-state index is 13.4. The predicted octanol–water partition coefficient (Wildman–Crippen LogP) is -1.83. The number of hydrogen-bond donors (Lipinski definition) is 3. The smallest absolute Gasteiger partial charge is 0.860 e. The maximum atomic E-state index is 13.4. The number of aromatic amines is 1. The van der Waals surface area contributed by atoms with Crippen LogP contribution >= 0.6 is 11.8 Å². The second-order valence-electron chi connectivity index (χ2n) is 9.44. The molecule has 1 aromatic heterocycles. The molecular formula is C25H27N4NaO7S. The van der Waals surface area contributed by atoms with E-state index in [4.69, 9.17) is 4.74 Å². The Kier molecular flexibility index (Phi) is 8.71. The predicted molar refractivity (Wildman–Crippen MR) is 133 cm³/mol. The van der Waals surface area contributed by atoms with Crippen LogP contribution in [0.15, 0.2) is 35.3 Å².